The number of nitrogens with zero attached hydrogens (tertiary/aromatic N) is 3. The molecule has 0 aliphatic carbocycles. The number of rotatable bonds is 9. The molecule has 8 nitrogen and oxygen atoms in total. The van der Waals surface area contributed by atoms with Crippen molar-refractivity contribution in [1.29, 1.82) is 0 Å². The van der Waals surface area contributed by atoms with Crippen LogP contribution in [0.15, 0.2) is 80.7 Å². The number of aromatic nitrogens is 2. The molecule has 0 saturated carbocycles. The largest absolute Gasteiger partial charge is 0.419 e. The van der Waals surface area contributed by atoms with Crippen LogP contribution >= 0.6 is 11.3 Å². The Morgan fingerprint density at radius 1 is 1.21 bits per heavy atom. The number of amides is 1. The molecule has 0 N–H and O–H groups in total. The molecule has 0 atom stereocenters. The summed E-state index contributed by atoms with van der Waals surface area (Å²) in [6.45, 7) is 4.40. The molecule has 2 aromatic heterocycles. The van der Waals surface area contributed by atoms with Gasteiger partial charge in [0.1, 0.15) is 0 Å². The van der Waals surface area contributed by atoms with Gasteiger partial charge in [-0.1, -0.05) is 30.3 Å². The third kappa shape index (κ3) is 5.02. The van der Waals surface area contributed by atoms with Crippen LogP contribution in [0.25, 0.3) is 22.4 Å². The van der Waals surface area contributed by atoms with E-state index in [0.29, 0.717) is 41.4 Å². The highest BCUT2D eigenvalue weighted by molar-refractivity contribution is 7.90. The van der Waals surface area contributed by atoms with Crippen LogP contribution < -0.4 is 10.7 Å². The SMILES string of the molecule is C=CCN(C(=O)CCCn1c(=O)oc2ccccc21)c1nc(-c2ccc(S(C)(=O)=O)cc2)cs1. The van der Waals surface area contributed by atoms with Crippen molar-refractivity contribution in [1.82, 2.24) is 9.55 Å². The zero-order valence-corrected chi connectivity index (χ0v) is 20.1. The highest BCUT2D eigenvalue weighted by atomic mass is 32.2. The summed E-state index contributed by atoms with van der Waals surface area (Å²) < 4.78 is 30.1. The molecule has 2 aromatic carbocycles. The minimum Gasteiger partial charge on any atom is -0.408 e. The standard InChI is InChI=1S/C24H23N3O5S2/c1-3-14-27(22(28)9-6-15-26-20-7-4-5-8-21(20)32-24(26)29)23-25-19(16-33-23)17-10-12-18(13-11-17)34(2,30)31/h3-5,7-8,10-13,16H,1,6,9,14-15H2,2H3. The maximum absolute atomic E-state index is 13.0. The second kappa shape index (κ2) is 9.78. The van der Waals surface area contributed by atoms with Crippen molar-refractivity contribution < 1.29 is 17.6 Å². The fourth-order valence-corrected chi connectivity index (χ4v) is 5.05. The van der Waals surface area contributed by atoms with E-state index in [1.807, 2.05) is 17.5 Å². The van der Waals surface area contributed by atoms with Crippen LogP contribution in [0.2, 0.25) is 0 Å². The Morgan fingerprint density at radius 3 is 2.65 bits per heavy atom. The average molecular weight is 498 g/mol. The number of sulfone groups is 1. The Labute approximate surface area is 200 Å². The predicted molar refractivity (Wildman–Crippen MR) is 133 cm³/mol. The maximum Gasteiger partial charge on any atom is 0.419 e. The lowest BCUT2D eigenvalue weighted by atomic mass is 10.2. The van der Waals surface area contributed by atoms with Gasteiger partial charge in [0.25, 0.3) is 0 Å². The first-order valence-corrected chi connectivity index (χ1v) is 13.3. The Balaban J connectivity index is 1.46. The molecule has 4 aromatic rings. The number of para-hydroxylation sites is 2. The summed E-state index contributed by atoms with van der Waals surface area (Å²) in [6, 6.07) is 13.7. The number of thiazole rings is 1. The molecule has 0 bridgehead atoms. The van der Waals surface area contributed by atoms with E-state index >= 15 is 0 Å². The van der Waals surface area contributed by atoms with Crippen LogP contribution in [0.5, 0.6) is 0 Å². The van der Waals surface area contributed by atoms with Crippen LogP contribution in [-0.4, -0.2) is 36.7 Å². The quantitative estimate of drug-likeness (QED) is 0.322. The third-order valence-electron chi connectivity index (χ3n) is 5.26. The molecule has 0 aliphatic rings. The number of oxazole rings is 1. The molecule has 0 unspecified atom stereocenters. The summed E-state index contributed by atoms with van der Waals surface area (Å²) in [4.78, 5) is 31.5. The fourth-order valence-electron chi connectivity index (χ4n) is 3.56. The third-order valence-corrected chi connectivity index (χ3v) is 7.25. The van der Waals surface area contributed by atoms with E-state index in [1.54, 1.807) is 35.2 Å². The number of carbonyl (C=O) groups excluding carboxylic acids is 1. The van der Waals surface area contributed by atoms with Crippen LogP contribution in [0, 0.1) is 0 Å². The maximum atomic E-state index is 13.0. The van der Waals surface area contributed by atoms with E-state index in [9.17, 15) is 18.0 Å². The van der Waals surface area contributed by atoms with Crippen LogP contribution in [0.3, 0.4) is 0 Å². The lowest BCUT2D eigenvalue weighted by Crippen LogP contribution is -2.31. The summed E-state index contributed by atoms with van der Waals surface area (Å²) in [7, 11) is -3.28. The van der Waals surface area contributed by atoms with Gasteiger partial charge >= 0.3 is 5.76 Å². The first-order valence-electron chi connectivity index (χ1n) is 10.5. The summed E-state index contributed by atoms with van der Waals surface area (Å²) in [5.74, 6) is -0.572. The molecule has 10 heteroatoms. The normalized spacial score (nSPS) is 11.6. The lowest BCUT2D eigenvalue weighted by molar-refractivity contribution is -0.118. The molecule has 0 radical (unpaired) electrons. The van der Waals surface area contributed by atoms with Gasteiger partial charge in [0, 0.05) is 36.7 Å². The monoisotopic (exact) mass is 497 g/mol. The minimum atomic E-state index is -3.28. The first kappa shape index (κ1) is 23.7. The molecule has 1 amide bonds. The van der Waals surface area contributed by atoms with Crippen molar-refractivity contribution in [2.45, 2.75) is 24.3 Å². The number of fused-ring (bicyclic) bond motifs is 1. The zero-order chi connectivity index (χ0) is 24.3. The average Bonchev–Trinajstić information content (AvgIpc) is 3.42. The van der Waals surface area contributed by atoms with Gasteiger partial charge in [-0.05, 0) is 30.7 Å². The smallest absolute Gasteiger partial charge is 0.408 e. The summed E-state index contributed by atoms with van der Waals surface area (Å²) in [5.41, 5.74) is 2.63. The van der Waals surface area contributed by atoms with E-state index in [0.717, 1.165) is 11.8 Å². The van der Waals surface area contributed by atoms with Gasteiger partial charge in [-0.25, -0.2) is 18.2 Å². The number of aryl methyl sites for hydroxylation is 1. The van der Waals surface area contributed by atoms with Crippen molar-refractivity contribution in [2.24, 2.45) is 0 Å². The Morgan fingerprint density at radius 2 is 1.94 bits per heavy atom. The molecular formula is C24H23N3O5S2. The topological polar surface area (TPSA) is 102 Å². The molecule has 0 aliphatic heterocycles. The van der Waals surface area contributed by atoms with Gasteiger partial charge in [0.15, 0.2) is 20.6 Å². The molecule has 4 rings (SSSR count). The van der Waals surface area contributed by atoms with E-state index in [-0.39, 0.29) is 17.2 Å². The Bertz CT molecular complexity index is 1500. The zero-order valence-electron chi connectivity index (χ0n) is 18.5. The second-order valence-corrected chi connectivity index (χ2v) is 10.5. The van der Waals surface area contributed by atoms with Crippen molar-refractivity contribution >= 4 is 43.3 Å². The fraction of sp³-hybridized carbons (Fsp3) is 0.208. The predicted octanol–water partition coefficient (Wildman–Crippen LogP) is 4.12. The van der Waals surface area contributed by atoms with E-state index in [1.165, 1.54) is 28.0 Å². The number of hydrogen-bond acceptors (Lipinski definition) is 7. The highest BCUT2D eigenvalue weighted by Gasteiger charge is 2.19. The summed E-state index contributed by atoms with van der Waals surface area (Å²) >= 11 is 1.32. The van der Waals surface area contributed by atoms with E-state index in [2.05, 4.69) is 11.6 Å². The molecule has 176 valence electrons. The van der Waals surface area contributed by atoms with E-state index < -0.39 is 15.6 Å². The number of hydrogen-bond donors (Lipinski definition) is 0. The minimum absolute atomic E-state index is 0.130. The molecule has 0 fully saturated rings. The first-order chi connectivity index (χ1) is 16.3. The Hall–Kier alpha value is -3.50. The summed E-state index contributed by atoms with van der Waals surface area (Å²) in [5, 5.41) is 2.35. The van der Waals surface area contributed by atoms with Gasteiger partial charge in [-0.15, -0.1) is 17.9 Å². The van der Waals surface area contributed by atoms with Gasteiger partial charge in [0.2, 0.25) is 5.91 Å². The molecular weight excluding hydrogens is 474 g/mol. The number of carbonyl (C=O) groups is 1. The molecule has 0 spiro atoms. The molecule has 34 heavy (non-hydrogen) atoms. The summed E-state index contributed by atoms with van der Waals surface area (Å²) in [6.07, 6.45) is 3.47. The van der Waals surface area contributed by atoms with Crippen molar-refractivity contribution in [3.63, 3.8) is 0 Å². The van der Waals surface area contributed by atoms with Crippen molar-refractivity contribution in [3.05, 3.63) is 77.1 Å². The highest BCUT2D eigenvalue weighted by Crippen LogP contribution is 2.29. The van der Waals surface area contributed by atoms with Gasteiger partial charge < -0.3 is 4.42 Å². The van der Waals surface area contributed by atoms with Crippen molar-refractivity contribution in [2.75, 3.05) is 17.7 Å². The van der Waals surface area contributed by atoms with Crippen LogP contribution in [-0.2, 0) is 21.2 Å². The van der Waals surface area contributed by atoms with Crippen LogP contribution in [0.1, 0.15) is 12.8 Å². The molecule has 0 saturated heterocycles. The van der Waals surface area contributed by atoms with Gasteiger partial charge in [-0.3, -0.25) is 14.3 Å². The number of anilines is 1. The lowest BCUT2D eigenvalue weighted by Gasteiger charge is -2.18. The second-order valence-electron chi connectivity index (χ2n) is 7.70. The van der Waals surface area contributed by atoms with Gasteiger partial charge in [0.05, 0.1) is 16.1 Å². The van der Waals surface area contributed by atoms with Gasteiger partial charge in [-0.2, -0.15) is 0 Å². The molecule has 2 heterocycles. The van der Waals surface area contributed by atoms with Crippen molar-refractivity contribution in [3.8, 4) is 11.3 Å². The van der Waals surface area contributed by atoms with E-state index in [4.69, 9.17) is 4.42 Å². The number of benzene rings is 2. The van der Waals surface area contributed by atoms with Crippen LogP contribution in [0.4, 0.5) is 5.13 Å². The Kier molecular flexibility index (Phi) is 6.80.